The van der Waals surface area contributed by atoms with Gasteiger partial charge in [-0.2, -0.15) is 0 Å². The Morgan fingerprint density at radius 3 is 1.53 bits per heavy atom. The van der Waals surface area contributed by atoms with Gasteiger partial charge in [0.1, 0.15) is 0 Å². The van der Waals surface area contributed by atoms with Crippen LogP contribution in [0.25, 0.3) is 33.2 Å². The Labute approximate surface area is 368 Å². The first-order valence-electron chi connectivity index (χ1n) is 22.3. The summed E-state index contributed by atoms with van der Waals surface area (Å²) in [5, 5.41) is 2.58. The van der Waals surface area contributed by atoms with Crippen LogP contribution in [0.3, 0.4) is 0 Å². The number of benzene rings is 8. The first-order chi connectivity index (χ1) is 30.2. The zero-order valence-electron chi connectivity index (χ0n) is 36.7. The van der Waals surface area contributed by atoms with Gasteiger partial charge in [0.05, 0.1) is 11.4 Å². The van der Waals surface area contributed by atoms with Gasteiger partial charge in [-0.05, 0) is 129 Å². The molecule has 304 valence electrons. The van der Waals surface area contributed by atoms with Crippen LogP contribution < -0.4 is 9.80 Å². The van der Waals surface area contributed by atoms with Crippen LogP contribution in [0.4, 0.5) is 28.4 Å². The van der Waals surface area contributed by atoms with E-state index in [9.17, 15) is 0 Å². The van der Waals surface area contributed by atoms with Gasteiger partial charge >= 0.3 is 0 Å². The van der Waals surface area contributed by atoms with Crippen LogP contribution in [0.1, 0.15) is 92.7 Å². The second-order valence-electron chi connectivity index (χ2n) is 17.9. The predicted octanol–water partition coefficient (Wildman–Crippen LogP) is 16.9. The molecule has 62 heavy (non-hydrogen) atoms. The molecule has 0 saturated carbocycles. The maximum Gasteiger partial charge on any atom is 0.0546 e. The average molecular weight is 803 g/mol. The molecule has 0 heterocycles. The molecule has 2 aliphatic rings. The van der Waals surface area contributed by atoms with Crippen molar-refractivity contribution in [2.24, 2.45) is 0 Å². The second kappa shape index (κ2) is 15.9. The van der Waals surface area contributed by atoms with Gasteiger partial charge in [-0.25, -0.2) is 0 Å². The fraction of sp³-hybridized carbons (Fsp3) is 0.167. The fourth-order valence-corrected chi connectivity index (χ4v) is 10.0. The molecule has 0 aliphatic heterocycles. The lowest BCUT2D eigenvalue weighted by Gasteiger charge is -2.43. The molecule has 0 amide bonds. The zero-order chi connectivity index (χ0) is 42.5. The molecule has 2 nitrogen and oxygen atoms in total. The summed E-state index contributed by atoms with van der Waals surface area (Å²) in [6, 6.07) is 69.7. The molecule has 0 N–H and O–H groups in total. The molecule has 8 aromatic carbocycles. The SMILES string of the molecule is CC(C)c1ccc(N(C2=CC(C)(c3ccccc3)C3=CC(C)c4c(-c5ccccc5)cc(N(c5ccccc5)c5ccc(C(C)C)cc5)c5ccc2c3c45)c2ccccc2)cc1. The van der Waals surface area contributed by atoms with Crippen molar-refractivity contribution in [3.63, 3.8) is 0 Å². The van der Waals surface area contributed by atoms with E-state index in [4.69, 9.17) is 0 Å². The van der Waals surface area contributed by atoms with Crippen LogP contribution >= 0.6 is 0 Å². The maximum absolute atomic E-state index is 2.58. The fourth-order valence-electron chi connectivity index (χ4n) is 10.0. The van der Waals surface area contributed by atoms with Crippen LogP contribution in [0.15, 0.2) is 200 Å². The monoisotopic (exact) mass is 802 g/mol. The first-order valence-corrected chi connectivity index (χ1v) is 22.3. The average Bonchev–Trinajstić information content (AvgIpc) is 3.31. The summed E-state index contributed by atoms with van der Waals surface area (Å²) in [5.74, 6) is 1.04. The number of hydrogen-bond donors (Lipinski definition) is 0. The summed E-state index contributed by atoms with van der Waals surface area (Å²) < 4.78 is 0. The lowest BCUT2D eigenvalue weighted by molar-refractivity contribution is 0.763. The van der Waals surface area contributed by atoms with Crippen molar-refractivity contribution in [3.8, 4) is 11.1 Å². The van der Waals surface area contributed by atoms with Gasteiger partial charge in [0.15, 0.2) is 0 Å². The first kappa shape index (κ1) is 39.2. The molecule has 2 heteroatoms. The number of nitrogens with zero attached hydrogens (tertiary/aromatic N) is 2. The highest BCUT2D eigenvalue weighted by atomic mass is 15.2. The molecule has 0 radical (unpaired) electrons. The van der Waals surface area contributed by atoms with E-state index in [-0.39, 0.29) is 5.92 Å². The molecule has 0 aromatic heterocycles. The topological polar surface area (TPSA) is 6.48 Å². The molecule has 2 unspecified atom stereocenters. The Morgan fingerprint density at radius 2 is 0.984 bits per heavy atom. The molecule has 2 atom stereocenters. The molecule has 0 saturated heterocycles. The van der Waals surface area contributed by atoms with Gasteiger partial charge in [-0.3, -0.25) is 0 Å². The highest BCUT2D eigenvalue weighted by Crippen LogP contribution is 2.58. The molecular weight excluding hydrogens is 749 g/mol. The van der Waals surface area contributed by atoms with E-state index in [1.807, 2.05) is 0 Å². The zero-order valence-corrected chi connectivity index (χ0v) is 36.7. The maximum atomic E-state index is 2.58. The Balaban J connectivity index is 1.33. The van der Waals surface area contributed by atoms with Crippen LogP contribution in [0.5, 0.6) is 0 Å². The second-order valence-corrected chi connectivity index (χ2v) is 17.9. The summed E-state index contributed by atoms with van der Waals surface area (Å²) in [6.07, 6.45) is 5.13. The van der Waals surface area contributed by atoms with Crippen LogP contribution in [-0.2, 0) is 5.41 Å². The van der Waals surface area contributed by atoms with Crippen LogP contribution in [0.2, 0.25) is 0 Å². The lowest BCUT2D eigenvalue weighted by atomic mass is 9.63. The van der Waals surface area contributed by atoms with Crippen molar-refractivity contribution < 1.29 is 0 Å². The van der Waals surface area contributed by atoms with E-state index in [0.29, 0.717) is 11.8 Å². The van der Waals surface area contributed by atoms with Gasteiger partial charge in [0.2, 0.25) is 0 Å². The Morgan fingerprint density at radius 1 is 0.500 bits per heavy atom. The lowest BCUT2D eigenvalue weighted by Crippen LogP contribution is -2.31. The number of anilines is 5. The smallest absolute Gasteiger partial charge is 0.0546 e. The molecule has 8 aromatic rings. The highest BCUT2D eigenvalue weighted by Gasteiger charge is 2.42. The summed E-state index contributed by atoms with van der Waals surface area (Å²) in [5.41, 5.74) is 18.2. The van der Waals surface area contributed by atoms with Crippen molar-refractivity contribution in [1.29, 1.82) is 0 Å². The van der Waals surface area contributed by atoms with Gasteiger partial charge < -0.3 is 9.80 Å². The predicted molar refractivity (Wildman–Crippen MR) is 265 cm³/mol. The summed E-state index contributed by atoms with van der Waals surface area (Å²) >= 11 is 0. The minimum absolute atomic E-state index is 0.154. The molecule has 0 bridgehead atoms. The van der Waals surface area contributed by atoms with Gasteiger partial charge in [0, 0.05) is 45.0 Å². The van der Waals surface area contributed by atoms with E-state index >= 15 is 0 Å². The third kappa shape index (κ3) is 6.66. The van der Waals surface area contributed by atoms with E-state index in [1.54, 1.807) is 0 Å². The van der Waals surface area contributed by atoms with Gasteiger partial charge in [0.25, 0.3) is 0 Å². The largest absolute Gasteiger partial charge is 0.310 e. The van der Waals surface area contributed by atoms with Crippen molar-refractivity contribution in [2.45, 2.75) is 64.7 Å². The van der Waals surface area contributed by atoms with Gasteiger partial charge in [-0.15, -0.1) is 0 Å². The van der Waals surface area contributed by atoms with Gasteiger partial charge in [-0.1, -0.05) is 174 Å². The molecular formula is C60H54N2. The Kier molecular flexibility index (Phi) is 10.0. The van der Waals surface area contributed by atoms with E-state index < -0.39 is 5.41 Å². The van der Waals surface area contributed by atoms with Crippen LogP contribution in [-0.4, -0.2) is 0 Å². The normalized spacial score (nSPS) is 16.6. The molecule has 0 spiro atoms. The minimum Gasteiger partial charge on any atom is -0.310 e. The summed E-state index contributed by atoms with van der Waals surface area (Å²) in [7, 11) is 0. The van der Waals surface area contributed by atoms with Crippen LogP contribution in [0, 0.1) is 0 Å². The molecule has 0 fully saturated rings. The van der Waals surface area contributed by atoms with E-state index in [2.05, 4.69) is 252 Å². The standard InChI is InChI=1S/C60H54N2/c1-40(2)43-27-31-49(32-28-43)61(47-23-15-9-16-24-47)55-38-53(45-19-11-7-12-20-45)57-42(5)37-54-58-52(36-35-51(55)59(57)58)56(39-60(54,6)46-21-13-8-14-22-46)62(48-25-17-10-18-26-48)50-33-29-44(30-34-50)41(3)4/h7-42H,1-6H3. The highest BCUT2D eigenvalue weighted by molar-refractivity contribution is 6.15. The number of para-hydroxylation sites is 2. The molecule has 10 rings (SSSR count). The number of hydrogen-bond acceptors (Lipinski definition) is 2. The van der Waals surface area contributed by atoms with Crippen molar-refractivity contribution >= 4 is 50.5 Å². The Bertz CT molecular complexity index is 2940. The van der Waals surface area contributed by atoms with Crippen molar-refractivity contribution in [3.05, 3.63) is 234 Å². The quantitative estimate of drug-likeness (QED) is 0.136. The van der Waals surface area contributed by atoms with E-state index in [0.717, 1.165) is 22.7 Å². The minimum atomic E-state index is -0.441. The molecule has 2 aliphatic carbocycles. The summed E-state index contributed by atoms with van der Waals surface area (Å²) in [4.78, 5) is 4.97. The van der Waals surface area contributed by atoms with Crippen molar-refractivity contribution in [2.75, 3.05) is 9.80 Å². The van der Waals surface area contributed by atoms with E-state index in [1.165, 1.54) is 72.2 Å². The third-order valence-corrected chi connectivity index (χ3v) is 13.3. The number of rotatable bonds is 10. The van der Waals surface area contributed by atoms with Crippen molar-refractivity contribution in [1.82, 2.24) is 0 Å². The Hall–Kier alpha value is -6.90. The summed E-state index contributed by atoms with van der Waals surface area (Å²) in [6.45, 7) is 13.9. The third-order valence-electron chi connectivity index (χ3n) is 13.3. The number of allylic oxidation sites excluding steroid dienone is 3.